The van der Waals surface area contributed by atoms with E-state index in [1.165, 1.54) is 0 Å². The summed E-state index contributed by atoms with van der Waals surface area (Å²) in [5.74, 6) is -0.172. The molecule has 4 nitrogen and oxygen atoms in total. The van der Waals surface area contributed by atoms with E-state index in [1.807, 2.05) is 20.8 Å². The number of β-amino-alcohol motifs (C(OH)–C–C–N with tert-alkyl or cyclic N) is 1. The Kier molecular flexibility index (Phi) is 4.11. The standard InChI is InChI=1S/C11H21NO3/c1-11(2,3)15-10(14)6-8-4-5-12-7-9(8)13/h8-9,12-13H,4-7H2,1-3H3. The minimum Gasteiger partial charge on any atom is -0.460 e. The highest BCUT2D eigenvalue weighted by molar-refractivity contribution is 5.70. The molecule has 15 heavy (non-hydrogen) atoms. The van der Waals surface area contributed by atoms with Crippen molar-refractivity contribution in [1.82, 2.24) is 5.32 Å². The van der Waals surface area contributed by atoms with Gasteiger partial charge in [-0.25, -0.2) is 0 Å². The fraction of sp³-hybridized carbons (Fsp3) is 0.909. The summed E-state index contributed by atoms with van der Waals surface area (Å²) < 4.78 is 5.22. The summed E-state index contributed by atoms with van der Waals surface area (Å²) in [5, 5.41) is 12.7. The second kappa shape index (κ2) is 4.94. The third kappa shape index (κ3) is 4.62. The van der Waals surface area contributed by atoms with Gasteiger partial charge in [0.1, 0.15) is 5.60 Å². The lowest BCUT2D eigenvalue weighted by Crippen LogP contribution is -2.41. The number of aliphatic hydroxyl groups is 1. The molecule has 1 heterocycles. The molecule has 88 valence electrons. The van der Waals surface area contributed by atoms with Gasteiger partial charge in [0, 0.05) is 6.54 Å². The zero-order valence-corrected chi connectivity index (χ0v) is 9.75. The summed E-state index contributed by atoms with van der Waals surface area (Å²) in [6, 6.07) is 0. The molecule has 1 aliphatic rings. The number of esters is 1. The predicted octanol–water partition coefficient (Wildman–Crippen LogP) is 0.689. The first kappa shape index (κ1) is 12.5. The largest absolute Gasteiger partial charge is 0.460 e. The van der Waals surface area contributed by atoms with E-state index < -0.39 is 11.7 Å². The molecule has 0 aromatic heterocycles. The molecule has 0 saturated carbocycles. The Morgan fingerprint density at radius 2 is 2.20 bits per heavy atom. The van der Waals surface area contributed by atoms with Crippen molar-refractivity contribution in [2.45, 2.75) is 45.3 Å². The van der Waals surface area contributed by atoms with E-state index in [1.54, 1.807) is 0 Å². The number of hydrogen-bond donors (Lipinski definition) is 2. The normalized spacial score (nSPS) is 27.5. The van der Waals surface area contributed by atoms with Crippen LogP contribution < -0.4 is 5.32 Å². The molecule has 4 heteroatoms. The molecule has 0 spiro atoms. The number of piperidine rings is 1. The van der Waals surface area contributed by atoms with E-state index in [0.29, 0.717) is 13.0 Å². The topological polar surface area (TPSA) is 58.6 Å². The zero-order valence-electron chi connectivity index (χ0n) is 9.75. The van der Waals surface area contributed by atoms with E-state index in [9.17, 15) is 9.90 Å². The predicted molar refractivity (Wildman–Crippen MR) is 57.4 cm³/mol. The first-order valence-corrected chi connectivity index (χ1v) is 5.49. The Labute approximate surface area is 91.0 Å². The highest BCUT2D eigenvalue weighted by Gasteiger charge is 2.27. The van der Waals surface area contributed by atoms with Crippen LogP contribution in [0.15, 0.2) is 0 Å². The van der Waals surface area contributed by atoms with E-state index in [4.69, 9.17) is 4.74 Å². The molecule has 2 unspecified atom stereocenters. The maximum Gasteiger partial charge on any atom is 0.306 e. The number of hydrogen-bond acceptors (Lipinski definition) is 4. The van der Waals surface area contributed by atoms with Gasteiger partial charge in [-0.1, -0.05) is 0 Å². The van der Waals surface area contributed by atoms with E-state index in [-0.39, 0.29) is 11.9 Å². The Balaban J connectivity index is 2.36. The lowest BCUT2D eigenvalue weighted by atomic mass is 9.92. The van der Waals surface area contributed by atoms with Gasteiger partial charge in [-0.05, 0) is 39.7 Å². The van der Waals surface area contributed by atoms with Crippen molar-refractivity contribution in [3.63, 3.8) is 0 Å². The van der Waals surface area contributed by atoms with Crippen LogP contribution in [0, 0.1) is 5.92 Å². The van der Waals surface area contributed by atoms with Crippen molar-refractivity contribution in [3.8, 4) is 0 Å². The highest BCUT2D eigenvalue weighted by Crippen LogP contribution is 2.19. The van der Waals surface area contributed by atoms with Gasteiger partial charge < -0.3 is 15.2 Å². The van der Waals surface area contributed by atoms with Crippen molar-refractivity contribution in [1.29, 1.82) is 0 Å². The number of rotatable bonds is 2. The SMILES string of the molecule is CC(C)(C)OC(=O)CC1CCNCC1O. The second-order valence-electron chi connectivity index (χ2n) is 5.11. The van der Waals surface area contributed by atoms with Crippen LogP contribution in [0.4, 0.5) is 0 Å². The number of ether oxygens (including phenoxy) is 1. The molecule has 0 aromatic carbocycles. The first-order chi connectivity index (χ1) is 6.88. The summed E-state index contributed by atoms with van der Waals surface area (Å²) in [6.45, 7) is 7.00. The smallest absolute Gasteiger partial charge is 0.306 e. The summed E-state index contributed by atoms with van der Waals surface area (Å²) in [6.07, 6.45) is 0.729. The molecular weight excluding hydrogens is 194 g/mol. The van der Waals surface area contributed by atoms with Crippen molar-refractivity contribution in [2.75, 3.05) is 13.1 Å². The van der Waals surface area contributed by atoms with Crippen LogP contribution in [0.1, 0.15) is 33.6 Å². The Morgan fingerprint density at radius 3 is 2.73 bits per heavy atom. The van der Waals surface area contributed by atoms with Gasteiger partial charge in [-0.2, -0.15) is 0 Å². The molecular formula is C11H21NO3. The van der Waals surface area contributed by atoms with E-state index in [0.717, 1.165) is 13.0 Å². The molecule has 0 amide bonds. The van der Waals surface area contributed by atoms with E-state index >= 15 is 0 Å². The Morgan fingerprint density at radius 1 is 1.53 bits per heavy atom. The summed E-state index contributed by atoms with van der Waals surface area (Å²) in [7, 11) is 0. The number of carbonyl (C=O) groups excluding carboxylic acids is 1. The highest BCUT2D eigenvalue weighted by atomic mass is 16.6. The molecule has 1 aliphatic heterocycles. The van der Waals surface area contributed by atoms with Gasteiger partial charge in [0.15, 0.2) is 0 Å². The van der Waals surface area contributed by atoms with Crippen LogP contribution in [0.5, 0.6) is 0 Å². The second-order valence-corrected chi connectivity index (χ2v) is 5.11. The summed E-state index contributed by atoms with van der Waals surface area (Å²) in [4.78, 5) is 11.5. The van der Waals surface area contributed by atoms with Crippen LogP contribution in [-0.2, 0) is 9.53 Å². The maximum absolute atomic E-state index is 11.5. The molecule has 0 bridgehead atoms. The molecule has 1 rings (SSSR count). The summed E-state index contributed by atoms with van der Waals surface area (Å²) in [5.41, 5.74) is -0.436. The van der Waals surface area contributed by atoms with Gasteiger partial charge in [0.2, 0.25) is 0 Å². The Hall–Kier alpha value is -0.610. The van der Waals surface area contributed by atoms with Gasteiger partial charge in [-0.3, -0.25) is 4.79 Å². The average molecular weight is 215 g/mol. The maximum atomic E-state index is 11.5. The monoisotopic (exact) mass is 215 g/mol. The minimum absolute atomic E-state index is 0.0427. The van der Waals surface area contributed by atoms with E-state index in [2.05, 4.69) is 5.32 Å². The van der Waals surface area contributed by atoms with Crippen molar-refractivity contribution >= 4 is 5.97 Å². The van der Waals surface area contributed by atoms with Gasteiger partial charge in [0.05, 0.1) is 12.5 Å². The van der Waals surface area contributed by atoms with Crippen LogP contribution in [0.2, 0.25) is 0 Å². The zero-order chi connectivity index (χ0) is 11.5. The van der Waals surface area contributed by atoms with Gasteiger partial charge >= 0.3 is 5.97 Å². The van der Waals surface area contributed by atoms with Crippen molar-refractivity contribution in [2.24, 2.45) is 5.92 Å². The fourth-order valence-electron chi connectivity index (χ4n) is 1.73. The molecule has 1 saturated heterocycles. The van der Waals surface area contributed by atoms with Crippen LogP contribution in [0.25, 0.3) is 0 Å². The fourth-order valence-corrected chi connectivity index (χ4v) is 1.73. The number of aliphatic hydroxyl groups excluding tert-OH is 1. The van der Waals surface area contributed by atoms with Gasteiger partial charge in [-0.15, -0.1) is 0 Å². The van der Waals surface area contributed by atoms with Crippen molar-refractivity contribution in [3.05, 3.63) is 0 Å². The third-order valence-electron chi connectivity index (χ3n) is 2.44. The molecule has 2 N–H and O–H groups in total. The molecule has 0 aromatic rings. The van der Waals surface area contributed by atoms with Gasteiger partial charge in [0.25, 0.3) is 0 Å². The molecule has 0 radical (unpaired) electrons. The number of carbonyl (C=O) groups is 1. The first-order valence-electron chi connectivity index (χ1n) is 5.49. The average Bonchev–Trinajstić information content (AvgIpc) is 2.05. The lowest BCUT2D eigenvalue weighted by molar-refractivity contribution is -0.157. The third-order valence-corrected chi connectivity index (χ3v) is 2.44. The quantitative estimate of drug-likeness (QED) is 0.665. The van der Waals surface area contributed by atoms with Crippen molar-refractivity contribution < 1.29 is 14.6 Å². The Bertz CT molecular complexity index is 222. The number of nitrogens with one attached hydrogen (secondary N) is 1. The molecule has 0 aliphatic carbocycles. The van der Waals surface area contributed by atoms with Crippen LogP contribution in [0.3, 0.4) is 0 Å². The van der Waals surface area contributed by atoms with Crippen LogP contribution in [-0.4, -0.2) is 35.9 Å². The summed E-state index contributed by atoms with van der Waals surface area (Å²) >= 11 is 0. The molecule has 2 atom stereocenters. The lowest BCUT2D eigenvalue weighted by Gasteiger charge is -2.28. The van der Waals surface area contributed by atoms with Crippen LogP contribution >= 0.6 is 0 Å². The minimum atomic E-state index is -0.436. The molecule has 1 fully saturated rings.